The van der Waals surface area contributed by atoms with Crippen molar-refractivity contribution < 1.29 is 19.1 Å². The van der Waals surface area contributed by atoms with E-state index in [9.17, 15) is 19.2 Å². The molecular formula is C25H28N4O5. The number of amides is 4. The standard InChI is InChI=1S/C25H28N4O5/c1-34-21-7-3-2-5-17(21)15-29-24(32)19(26-25(29)33)9-10-22(30)27-12-16-11-18(14-27)20-6-4-8-23(31)28(20)13-16/h2-8,16,18-19H,9-15H2,1H3,(H,26,33)/t16-,18+,19-/m1/s1. The molecule has 3 aliphatic heterocycles. The van der Waals surface area contributed by atoms with Crippen LogP contribution in [0, 0.1) is 5.92 Å². The van der Waals surface area contributed by atoms with Crippen LogP contribution in [0.5, 0.6) is 5.75 Å². The Kier molecular flexibility index (Phi) is 5.85. The van der Waals surface area contributed by atoms with Gasteiger partial charge in [-0.2, -0.15) is 0 Å². The fraction of sp³-hybridized carbons (Fsp3) is 0.440. The third kappa shape index (κ3) is 4.06. The highest BCUT2D eigenvalue weighted by Gasteiger charge is 2.40. The number of nitrogens with one attached hydrogen (secondary N) is 1. The van der Waals surface area contributed by atoms with E-state index in [1.807, 2.05) is 33.7 Å². The molecule has 0 radical (unpaired) electrons. The van der Waals surface area contributed by atoms with Gasteiger partial charge in [0.2, 0.25) is 5.91 Å². The van der Waals surface area contributed by atoms with Crippen molar-refractivity contribution in [3.8, 4) is 5.75 Å². The Bertz CT molecular complexity index is 1190. The maximum Gasteiger partial charge on any atom is 0.325 e. The minimum atomic E-state index is -0.713. The van der Waals surface area contributed by atoms with E-state index in [2.05, 4.69) is 5.32 Å². The summed E-state index contributed by atoms with van der Waals surface area (Å²) in [5.41, 5.74) is 1.75. The zero-order chi connectivity index (χ0) is 23.8. The van der Waals surface area contributed by atoms with Crippen molar-refractivity contribution in [1.82, 2.24) is 19.7 Å². The Morgan fingerprint density at radius 3 is 2.71 bits per heavy atom. The number of carbonyl (C=O) groups is 3. The maximum absolute atomic E-state index is 13.0. The van der Waals surface area contributed by atoms with Crippen LogP contribution in [0.3, 0.4) is 0 Å². The second-order valence-corrected chi connectivity index (χ2v) is 9.27. The summed E-state index contributed by atoms with van der Waals surface area (Å²) in [6, 6.07) is 11.4. The molecule has 1 aromatic heterocycles. The molecule has 0 spiro atoms. The van der Waals surface area contributed by atoms with Gasteiger partial charge in [0.15, 0.2) is 0 Å². The second-order valence-electron chi connectivity index (χ2n) is 9.27. The number of piperidine rings is 1. The zero-order valence-corrected chi connectivity index (χ0v) is 19.1. The van der Waals surface area contributed by atoms with Gasteiger partial charge in [-0.1, -0.05) is 24.3 Å². The van der Waals surface area contributed by atoms with Gasteiger partial charge in [-0.15, -0.1) is 0 Å². The van der Waals surface area contributed by atoms with Crippen molar-refractivity contribution in [2.75, 3.05) is 20.2 Å². The minimum absolute atomic E-state index is 0.0140. The van der Waals surface area contributed by atoms with Crippen LogP contribution in [-0.4, -0.2) is 58.5 Å². The number of rotatable bonds is 6. The van der Waals surface area contributed by atoms with Crippen LogP contribution in [0.1, 0.15) is 36.4 Å². The second kappa shape index (κ2) is 8.96. The molecule has 2 fully saturated rings. The highest BCUT2D eigenvalue weighted by molar-refractivity contribution is 6.04. The highest BCUT2D eigenvalue weighted by Crippen LogP contribution is 2.35. The third-order valence-electron chi connectivity index (χ3n) is 7.11. The van der Waals surface area contributed by atoms with Gasteiger partial charge in [0.05, 0.1) is 13.7 Å². The number of fused-ring (bicyclic) bond motifs is 4. The Labute approximate surface area is 197 Å². The molecule has 1 aromatic carbocycles. The number of ether oxygens (including phenoxy) is 1. The Morgan fingerprint density at radius 1 is 1.06 bits per heavy atom. The fourth-order valence-corrected chi connectivity index (χ4v) is 5.45. The van der Waals surface area contributed by atoms with Crippen molar-refractivity contribution >= 4 is 17.8 Å². The van der Waals surface area contributed by atoms with E-state index in [0.717, 1.165) is 17.7 Å². The molecule has 5 rings (SSSR count). The number of hydrogen-bond acceptors (Lipinski definition) is 5. The predicted octanol–water partition coefficient (Wildman–Crippen LogP) is 1.70. The topological polar surface area (TPSA) is 101 Å². The van der Waals surface area contributed by atoms with Crippen molar-refractivity contribution in [1.29, 1.82) is 0 Å². The first-order chi connectivity index (χ1) is 16.4. The summed E-state index contributed by atoms with van der Waals surface area (Å²) in [6.07, 6.45) is 1.41. The summed E-state index contributed by atoms with van der Waals surface area (Å²) >= 11 is 0. The lowest BCUT2D eigenvalue weighted by molar-refractivity contribution is -0.134. The summed E-state index contributed by atoms with van der Waals surface area (Å²) in [4.78, 5) is 53.6. The smallest absolute Gasteiger partial charge is 0.325 e. The first-order valence-electron chi connectivity index (χ1n) is 11.7. The lowest BCUT2D eigenvalue weighted by Gasteiger charge is -2.42. The SMILES string of the molecule is COc1ccccc1CN1C(=O)N[C@H](CCC(=O)N2C[C@H]3C[C@@H](C2)c2cccc(=O)n2C3)C1=O. The van der Waals surface area contributed by atoms with Crippen LogP contribution in [0.25, 0.3) is 0 Å². The molecular weight excluding hydrogens is 436 g/mol. The average molecular weight is 465 g/mol. The molecule has 2 saturated heterocycles. The highest BCUT2D eigenvalue weighted by atomic mass is 16.5. The molecule has 9 nitrogen and oxygen atoms in total. The summed E-state index contributed by atoms with van der Waals surface area (Å²) in [6.45, 7) is 1.93. The van der Waals surface area contributed by atoms with Gasteiger partial charge in [0.1, 0.15) is 11.8 Å². The Morgan fingerprint density at radius 2 is 1.88 bits per heavy atom. The summed E-state index contributed by atoms with van der Waals surface area (Å²) in [5.74, 6) is 0.661. The number of methoxy groups -OCH3 is 1. The number of urea groups is 1. The van der Waals surface area contributed by atoms with Crippen LogP contribution >= 0.6 is 0 Å². The van der Waals surface area contributed by atoms with Gasteiger partial charge < -0.3 is 19.5 Å². The molecule has 9 heteroatoms. The molecule has 4 heterocycles. The Hall–Kier alpha value is -3.62. The molecule has 0 unspecified atom stereocenters. The molecule has 0 aliphatic carbocycles. The van der Waals surface area contributed by atoms with E-state index in [-0.39, 0.29) is 48.6 Å². The number of hydrogen-bond donors (Lipinski definition) is 1. The number of para-hydroxylation sites is 1. The normalized spacial score (nSPS) is 23.5. The fourth-order valence-electron chi connectivity index (χ4n) is 5.45. The van der Waals surface area contributed by atoms with Crippen molar-refractivity contribution in [3.63, 3.8) is 0 Å². The van der Waals surface area contributed by atoms with E-state index in [1.165, 1.54) is 4.90 Å². The molecule has 1 N–H and O–H groups in total. The van der Waals surface area contributed by atoms with Crippen LogP contribution in [0.4, 0.5) is 4.79 Å². The van der Waals surface area contributed by atoms with E-state index >= 15 is 0 Å². The number of pyridine rings is 1. The lowest BCUT2D eigenvalue weighted by Crippen LogP contribution is -2.49. The van der Waals surface area contributed by atoms with Gasteiger partial charge in [-0.25, -0.2) is 4.79 Å². The minimum Gasteiger partial charge on any atom is -0.496 e. The molecule has 2 bridgehead atoms. The molecule has 3 aliphatic rings. The van der Waals surface area contributed by atoms with Crippen molar-refractivity contribution in [3.05, 3.63) is 64.1 Å². The monoisotopic (exact) mass is 464 g/mol. The lowest BCUT2D eigenvalue weighted by atomic mass is 9.83. The van der Waals surface area contributed by atoms with Crippen LogP contribution in [0.15, 0.2) is 47.3 Å². The van der Waals surface area contributed by atoms with Crippen molar-refractivity contribution in [2.24, 2.45) is 5.92 Å². The summed E-state index contributed by atoms with van der Waals surface area (Å²) in [7, 11) is 1.55. The van der Waals surface area contributed by atoms with E-state index < -0.39 is 12.1 Å². The largest absolute Gasteiger partial charge is 0.496 e. The number of carbonyl (C=O) groups excluding carboxylic acids is 3. The molecule has 2 aromatic rings. The first kappa shape index (κ1) is 22.2. The Balaban J connectivity index is 1.20. The molecule has 34 heavy (non-hydrogen) atoms. The van der Waals surface area contributed by atoms with Gasteiger partial charge in [0.25, 0.3) is 11.5 Å². The van der Waals surface area contributed by atoms with Gasteiger partial charge in [-0.05, 0) is 30.9 Å². The van der Waals surface area contributed by atoms with E-state index in [1.54, 1.807) is 25.3 Å². The number of benzene rings is 1. The first-order valence-corrected chi connectivity index (χ1v) is 11.7. The molecule has 4 amide bonds. The van der Waals surface area contributed by atoms with Crippen LogP contribution < -0.4 is 15.6 Å². The molecule has 0 saturated carbocycles. The van der Waals surface area contributed by atoms with E-state index in [0.29, 0.717) is 25.4 Å². The van der Waals surface area contributed by atoms with Crippen LogP contribution in [-0.2, 0) is 22.7 Å². The zero-order valence-electron chi connectivity index (χ0n) is 19.1. The summed E-state index contributed by atoms with van der Waals surface area (Å²) in [5, 5.41) is 2.72. The van der Waals surface area contributed by atoms with Crippen molar-refractivity contribution in [2.45, 2.75) is 44.3 Å². The predicted molar refractivity (Wildman–Crippen MR) is 123 cm³/mol. The number of likely N-dealkylation sites (tertiary alicyclic amines) is 1. The maximum atomic E-state index is 13.0. The van der Waals surface area contributed by atoms with Gasteiger partial charge in [0, 0.05) is 49.3 Å². The molecule has 178 valence electrons. The summed E-state index contributed by atoms with van der Waals surface area (Å²) < 4.78 is 7.16. The van der Waals surface area contributed by atoms with Gasteiger partial charge >= 0.3 is 6.03 Å². The third-order valence-corrected chi connectivity index (χ3v) is 7.11. The number of imide groups is 1. The number of nitrogens with zero attached hydrogens (tertiary/aromatic N) is 3. The van der Waals surface area contributed by atoms with Gasteiger partial charge in [-0.3, -0.25) is 19.3 Å². The van der Waals surface area contributed by atoms with Crippen LogP contribution in [0.2, 0.25) is 0 Å². The quantitative estimate of drug-likeness (QED) is 0.656. The molecule has 3 atom stereocenters. The number of aromatic nitrogens is 1. The average Bonchev–Trinajstić information content (AvgIpc) is 3.11. The van der Waals surface area contributed by atoms with E-state index in [4.69, 9.17) is 4.74 Å².